The van der Waals surface area contributed by atoms with E-state index in [1.165, 1.54) is 0 Å². The molecule has 2 aromatic rings. The minimum absolute atomic E-state index is 0.153. The number of hydrogen-bond acceptors (Lipinski definition) is 2. The Bertz CT molecular complexity index is 761. The first-order valence-corrected chi connectivity index (χ1v) is 8.02. The van der Waals surface area contributed by atoms with Gasteiger partial charge in [-0.1, -0.05) is 55.0 Å². The molecule has 0 fully saturated rings. The number of carbonyl (C=O) groups is 2. The molecule has 2 atom stereocenters. The molecule has 0 heterocycles. The average molecular weight is 325 g/mol. The second-order valence-electron chi connectivity index (χ2n) is 6.29. The summed E-state index contributed by atoms with van der Waals surface area (Å²) in [6, 6.07) is 12.9. The number of rotatable bonds is 7. The molecular weight excluding hydrogens is 302 g/mol. The van der Waals surface area contributed by atoms with E-state index in [4.69, 9.17) is 0 Å². The van der Waals surface area contributed by atoms with Crippen molar-refractivity contribution in [3.63, 3.8) is 0 Å². The van der Waals surface area contributed by atoms with Crippen molar-refractivity contribution in [1.82, 2.24) is 5.32 Å². The largest absolute Gasteiger partial charge is 0.481 e. The maximum absolute atomic E-state index is 12.4. The van der Waals surface area contributed by atoms with Gasteiger partial charge in [0.2, 0.25) is 5.91 Å². The van der Waals surface area contributed by atoms with Gasteiger partial charge in [-0.3, -0.25) is 9.59 Å². The van der Waals surface area contributed by atoms with Crippen LogP contribution in [-0.4, -0.2) is 17.0 Å². The summed E-state index contributed by atoms with van der Waals surface area (Å²) in [6.45, 7) is 7.53. The number of amides is 1. The first-order chi connectivity index (χ1) is 11.4. The fourth-order valence-corrected chi connectivity index (χ4v) is 2.90. The molecular formula is C20H23NO3. The van der Waals surface area contributed by atoms with Crippen molar-refractivity contribution in [3.05, 3.63) is 60.2 Å². The zero-order valence-corrected chi connectivity index (χ0v) is 14.1. The number of aliphatic carboxylic acids is 1. The third-order valence-electron chi connectivity index (χ3n) is 4.00. The maximum atomic E-state index is 12.4. The Kier molecular flexibility index (Phi) is 5.74. The van der Waals surface area contributed by atoms with Gasteiger partial charge in [0.05, 0.1) is 12.5 Å². The number of benzene rings is 2. The highest BCUT2D eigenvalue weighted by molar-refractivity contribution is 5.88. The fraction of sp³-hybridized carbons (Fsp3) is 0.300. The Morgan fingerprint density at radius 2 is 1.79 bits per heavy atom. The lowest BCUT2D eigenvalue weighted by Crippen LogP contribution is -2.34. The number of fused-ring (bicyclic) bond motifs is 1. The summed E-state index contributed by atoms with van der Waals surface area (Å²) in [5.41, 5.74) is 1.75. The third-order valence-corrected chi connectivity index (χ3v) is 4.00. The quantitative estimate of drug-likeness (QED) is 0.754. The predicted molar refractivity (Wildman–Crippen MR) is 95.7 cm³/mol. The van der Waals surface area contributed by atoms with E-state index in [2.05, 4.69) is 11.9 Å². The molecule has 0 saturated carbocycles. The number of carboxylic acid groups (broad SMARTS) is 1. The Labute approximate surface area is 142 Å². The third kappa shape index (κ3) is 4.44. The van der Waals surface area contributed by atoms with Gasteiger partial charge in [0.15, 0.2) is 0 Å². The standard InChI is InChI=1S/C20H23NO3/c1-13(2)11-14(3)20(24)21-18(12-19(22)23)17-10-6-8-15-7-4-5-9-16(15)17/h4-10,14,18H,1,11-12H2,2-3H3,(H,21,24)(H,22,23)/t14?,18-/m1/s1. The van der Waals surface area contributed by atoms with Crippen molar-refractivity contribution < 1.29 is 14.7 Å². The molecule has 1 amide bonds. The van der Waals surface area contributed by atoms with Crippen molar-refractivity contribution in [2.24, 2.45) is 5.92 Å². The summed E-state index contributed by atoms with van der Waals surface area (Å²) >= 11 is 0. The smallest absolute Gasteiger partial charge is 0.305 e. The molecule has 4 nitrogen and oxygen atoms in total. The number of allylic oxidation sites excluding steroid dienone is 1. The summed E-state index contributed by atoms with van der Waals surface area (Å²) in [5.74, 6) is -1.34. The molecule has 0 spiro atoms. The van der Waals surface area contributed by atoms with Crippen LogP contribution in [0.15, 0.2) is 54.6 Å². The van der Waals surface area contributed by atoms with Crippen molar-refractivity contribution >= 4 is 22.6 Å². The predicted octanol–water partition coefficient (Wildman–Crippen LogP) is 4.07. The molecule has 0 bridgehead atoms. The van der Waals surface area contributed by atoms with Crippen molar-refractivity contribution in [2.45, 2.75) is 32.7 Å². The van der Waals surface area contributed by atoms with E-state index in [9.17, 15) is 14.7 Å². The Morgan fingerprint density at radius 1 is 1.12 bits per heavy atom. The molecule has 2 N–H and O–H groups in total. The Hall–Kier alpha value is -2.62. The molecule has 0 aliphatic carbocycles. The van der Waals surface area contributed by atoms with Crippen LogP contribution in [0.4, 0.5) is 0 Å². The number of carbonyl (C=O) groups excluding carboxylic acids is 1. The molecule has 126 valence electrons. The highest BCUT2D eigenvalue weighted by atomic mass is 16.4. The Morgan fingerprint density at radius 3 is 2.46 bits per heavy atom. The summed E-state index contributed by atoms with van der Waals surface area (Å²) in [7, 11) is 0. The van der Waals surface area contributed by atoms with Crippen LogP contribution in [0.5, 0.6) is 0 Å². The van der Waals surface area contributed by atoms with E-state index in [0.717, 1.165) is 21.9 Å². The highest BCUT2D eigenvalue weighted by Crippen LogP contribution is 2.27. The molecule has 0 aliphatic rings. The maximum Gasteiger partial charge on any atom is 0.305 e. The van der Waals surface area contributed by atoms with Crippen molar-refractivity contribution in [1.29, 1.82) is 0 Å². The van der Waals surface area contributed by atoms with E-state index >= 15 is 0 Å². The minimum atomic E-state index is -0.944. The molecule has 0 aliphatic heterocycles. The minimum Gasteiger partial charge on any atom is -0.481 e. The van der Waals surface area contributed by atoms with Crippen molar-refractivity contribution in [3.8, 4) is 0 Å². The zero-order valence-electron chi connectivity index (χ0n) is 14.1. The van der Waals surface area contributed by atoms with E-state index in [-0.39, 0.29) is 18.2 Å². The normalized spacial score (nSPS) is 13.2. The van der Waals surface area contributed by atoms with Crippen LogP contribution in [0, 0.1) is 5.92 Å². The molecule has 4 heteroatoms. The van der Waals surface area contributed by atoms with Gasteiger partial charge >= 0.3 is 5.97 Å². The lowest BCUT2D eigenvalue weighted by atomic mass is 9.95. The molecule has 0 aromatic heterocycles. The first-order valence-electron chi connectivity index (χ1n) is 8.02. The van der Waals surface area contributed by atoms with Gasteiger partial charge in [-0.25, -0.2) is 0 Å². The van der Waals surface area contributed by atoms with Crippen LogP contribution in [0.1, 0.15) is 38.3 Å². The van der Waals surface area contributed by atoms with Gasteiger partial charge < -0.3 is 10.4 Å². The van der Waals surface area contributed by atoms with E-state index in [1.807, 2.05) is 56.3 Å². The summed E-state index contributed by atoms with van der Waals surface area (Å²) in [6.07, 6.45) is 0.431. The van der Waals surface area contributed by atoms with Crippen LogP contribution < -0.4 is 5.32 Å². The van der Waals surface area contributed by atoms with Gasteiger partial charge in [0.25, 0.3) is 0 Å². The Balaban J connectivity index is 2.32. The van der Waals surface area contributed by atoms with Crippen molar-refractivity contribution in [2.75, 3.05) is 0 Å². The van der Waals surface area contributed by atoms with E-state index in [1.54, 1.807) is 0 Å². The van der Waals surface area contributed by atoms with Gasteiger partial charge in [0.1, 0.15) is 0 Å². The van der Waals surface area contributed by atoms with Gasteiger partial charge in [-0.05, 0) is 29.7 Å². The van der Waals surface area contributed by atoms with Gasteiger partial charge in [-0.2, -0.15) is 0 Å². The average Bonchev–Trinajstić information content (AvgIpc) is 2.52. The number of nitrogens with one attached hydrogen (secondary N) is 1. The van der Waals surface area contributed by atoms with Crippen LogP contribution in [0.3, 0.4) is 0 Å². The molecule has 2 aromatic carbocycles. The number of carboxylic acids is 1. The molecule has 24 heavy (non-hydrogen) atoms. The highest BCUT2D eigenvalue weighted by Gasteiger charge is 2.22. The summed E-state index contributed by atoms with van der Waals surface area (Å²) < 4.78 is 0. The van der Waals surface area contributed by atoms with E-state index < -0.39 is 12.0 Å². The molecule has 0 saturated heterocycles. The molecule has 0 radical (unpaired) electrons. The van der Waals surface area contributed by atoms with Crippen LogP contribution in [0.25, 0.3) is 10.8 Å². The monoisotopic (exact) mass is 325 g/mol. The lowest BCUT2D eigenvalue weighted by molar-refractivity contribution is -0.137. The van der Waals surface area contributed by atoms with Crippen LogP contribution >= 0.6 is 0 Å². The summed E-state index contributed by atoms with van der Waals surface area (Å²) in [4.78, 5) is 23.7. The second kappa shape index (κ2) is 7.77. The second-order valence-corrected chi connectivity index (χ2v) is 6.29. The van der Waals surface area contributed by atoms with E-state index in [0.29, 0.717) is 6.42 Å². The first kappa shape index (κ1) is 17.7. The summed E-state index contributed by atoms with van der Waals surface area (Å²) in [5, 5.41) is 14.1. The number of hydrogen-bond donors (Lipinski definition) is 2. The topological polar surface area (TPSA) is 66.4 Å². The zero-order chi connectivity index (χ0) is 17.7. The molecule has 2 rings (SSSR count). The lowest BCUT2D eigenvalue weighted by Gasteiger charge is -2.22. The molecule has 1 unspecified atom stereocenters. The van der Waals surface area contributed by atoms with Gasteiger partial charge in [-0.15, -0.1) is 6.58 Å². The SMILES string of the molecule is C=C(C)CC(C)C(=O)N[C@H](CC(=O)O)c1cccc2ccccc12. The van der Waals surface area contributed by atoms with Gasteiger partial charge in [0, 0.05) is 5.92 Å². The van der Waals surface area contributed by atoms with Crippen LogP contribution in [-0.2, 0) is 9.59 Å². The fourth-order valence-electron chi connectivity index (χ4n) is 2.90. The van der Waals surface area contributed by atoms with Crippen LogP contribution in [0.2, 0.25) is 0 Å².